The molecule has 1 aliphatic heterocycles. The van der Waals surface area contributed by atoms with Crippen LogP contribution in [0, 0.1) is 0 Å². The maximum atomic E-state index is 12.6. The number of rotatable bonds is 3. The van der Waals surface area contributed by atoms with E-state index in [0.29, 0.717) is 34.4 Å². The first-order chi connectivity index (χ1) is 11.4. The lowest BCUT2D eigenvalue weighted by molar-refractivity contribution is -0.116. The number of nitrogens with zero attached hydrogens (tertiary/aromatic N) is 2. The number of fused-ring (bicyclic) bond motifs is 1. The molecule has 1 aliphatic rings. The average molecular weight is 349 g/mol. The first kappa shape index (κ1) is 16.3. The summed E-state index contributed by atoms with van der Waals surface area (Å²) < 4.78 is 6.76. The second-order valence-corrected chi connectivity index (χ2v) is 6.12. The Balaban J connectivity index is 1.95. The zero-order valence-electron chi connectivity index (χ0n) is 13.5. The van der Waals surface area contributed by atoms with Crippen molar-refractivity contribution >= 4 is 35.1 Å². The molecule has 2 heterocycles. The van der Waals surface area contributed by atoms with Gasteiger partial charge in [-0.2, -0.15) is 5.10 Å². The van der Waals surface area contributed by atoms with Crippen LogP contribution in [0.1, 0.15) is 35.2 Å². The fourth-order valence-corrected chi connectivity index (χ4v) is 3.02. The van der Waals surface area contributed by atoms with E-state index in [1.807, 2.05) is 6.92 Å². The maximum Gasteiger partial charge on any atom is 0.260 e. The number of carbonyl (C=O) groups is 2. The Labute approximate surface area is 143 Å². The van der Waals surface area contributed by atoms with E-state index in [-0.39, 0.29) is 17.7 Å². The van der Waals surface area contributed by atoms with E-state index < -0.39 is 0 Å². The molecule has 1 atom stereocenters. The summed E-state index contributed by atoms with van der Waals surface area (Å²) in [4.78, 5) is 24.3. The van der Waals surface area contributed by atoms with Gasteiger partial charge in [-0.05, 0) is 24.1 Å². The van der Waals surface area contributed by atoms with Crippen LogP contribution < -0.4 is 15.4 Å². The summed E-state index contributed by atoms with van der Waals surface area (Å²) in [5.41, 5.74) is 1.13. The van der Waals surface area contributed by atoms with Crippen molar-refractivity contribution in [3.8, 4) is 5.75 Å². The summed E-state index contributed by atoms with van der Waals surface area (Å²) >= 11 is 5.98. The van der Waals surface area contributed by atoms with Gasteiger partial charge in [0.2, 0.25) is 5.91 Å². The van der Waals surface area contributed by atoms with E-state index in [1.54, 1.807) is 23.9 Å². The number of amides is 2. The van der Waals surface area contributed by atoms with Gasteiger partial charge in [-0.25, -0.2) is 0 Å². The molecule has 0 fully saturated rings. The molecule has 1 aromatic carbocycles. The Morgan fingerprint density at radius 3 is 2.96 bits per heavy atom. The molecule has 7 nitrogen and oxygen atoms in total. The molecule has 8 heteroatoms. The predicted molar refractivity (Wildman–Crippen MR) is 90.8 cm³/mol. The van der Waals surface area contributed by atoms with Crippen molar-refractivity contribution in [3.63, 3.8) is 0 Å². The molecule has 24 heavy (non-hydrogen) atoms. The van der Waals surface area contributed by atoms with Crippen molar-refractivity contribution in [2.75, 3.05) is 17.7 Å². The SMILES string of the molecule is COc1ccc(Cl)cc1C(=O)Nc1nn(C)c2c1[C@@H](C)CC(=O)N2. The molecule has 1 aromatic heterocycles. The monoisotopic (exact) mass is 348 g/mol. The number of hydrogen-bond donors (Lipinski definition) is 2. The molecule has 0 bridgehead atoms. The topological polar surface area (TPSA) is 85.2 Å². The summed E-state index contributed by atoms with van der Waals surface area (Å²) in [6.07, 6.45) is 0.349. The lowest BCUT2D eigenvalue weighted by Crippen LogP contribution is -2.23. The fourth-order valence-electron chi connectivity index (χ4n) is 2.84. The Morgan fingerprint density at radius 1 is 1.50 bits per heavy atom. The molecule has 126 valence electrons. The van der Waals surface area contributed by atoms with Crippen LogP contribution >= 0.6 is 11.6 Å². The van der Waals surface area contributed by atoms with E-state index in [2.05, 4.69) is 15.7 Å². The molecule has 2 N–H and O–H groups in total. The number of aromatic nitrogens is 2. The van der Waals surface area contributed by atoms with Gasteiger partial charge in [-0.15, -0.1) is 0 Å². The number of ether oxygens (including phenoxy) is 1. The molecule has 0 saturated carbocycles. The molecule has 0 spiro atoms. The van der Waals surface area contributed by atoms with Gasteiger partial charge in [-0.3, -0.25) is 14.3 Å². The van der Waals surface area contributed by atoms with Gasteiger partial charge >= 0.3 is 0 Å². The predicted octanol–water partition coefficient (Wildman–Crippen LogP) is 2.78. The van der Waals surface area contributed by atoms with E-state index in [1.165, 1.54) is 13.2 Å². The number of halogens is 1. The van der Waals surface area contributed by atoms with Crippen LogP contribution in [0.3, 0.4) is 0 Å². The summed E-state index contributed by atoms with van der Waals surface area (Å²) in [6, 6.07) is 4.82. The van der Waals surface area contributed by atoms with Gasteiger partial charge in [-0.1, -0.05) is 18.5 Å². The summed E-state index contributed by atoms with van der Waals surface area (Å²) in [7, 11) is 3.20. The Morgan fingerprint density at radius 2 is 2.25 bits per heavy atom. The lowest BCUT2D eigenvalue weighted by Gasteiger charge is -2.20. The lowest BCUT2D eigenvalue weighted by atomic mass is 9.95. The third-order valence-electron chi connectivity index (χ3n) is 3.96. The van der Waals surface area contributed by atoms with Crippen molar-refractivity contribution in [2.24, 2.45) is 7.05 Å². The smallest absolute Gasteiger partial charge is 0.260 e. The quantitative estimate of drug-likeness (QED) is 0.893. The zero-order valence-corrected chi connectivity index (χ0v) is 14.3. The maximum absolute atomic E-state index is 12.6. The summed E-state index contributed by atoms with van der Waals surface area (Å²) in [6.45, 7) is 1.93. The molecule has 2 aromatic rings. The van der Waals surface area contributed by atoms with Crippen LogP contribution in [0.5, 0.6) is 5.75 Å². The van der Waals surface area contributed by atoms with E-state index >= 15 is 0 Å². The fraction of sp³-hybridized carbons (Fsp3) is 0.312. The highest BCUT2D eigenvalue weighted by atomic mass is 35.5. The normalized spacial score (nSPS) is 16.3. The molecular formula is C16H17ClN4O3. The Kier molecular flexibility index (Phi) is 4.19. The second-order valence-electron chi connectivity index (χ2n) is 5.69. The van der Waals surface area contributed by atoms with Crippen LogP contribution in [0.2, 0.25) is 5.02 Å². The number of carbonyl (C=O) groups excluding carboxylic acids is 2. The first-order valence-corrected chi connectivity index (χ1v) is 7.80. The average Bonchev–Trinajstić information content (AvgIpc) is 2.83. The van der Waals surface area contributed by atoms with Crippen molar-refractivity contribution in [1.82, 2.24) is 9.78 Å². The third kappa shape index (κ3) is 2.82. The molecule has 0 saturated heterocycles. The van der Waals surface area contributed by atoms with Crippen molar-refractivity contribution in [2.45, 2.75) is 19.3 Å². The number of nitrogens with one attached hydrogen (secondary N) is 2. The third-order valence-corrected chi connectivity index (χ3v) is 4.20. The van der Waals surface area contributed by atoms with E-state index in [4.69, 9.17) is 16.3 Å². The van der Waals surface area contributed by atoms with Crippen LogP contribution in [-0.4, -0.2) is 28.7 Å². The van der Waals surface area contributed by atoms with Gasteiger partial charge in [0, 0.05) is 24.1 Å². The van der Waals surface area contributed by atoms with Crippen LogP contribution in [0.15, 0.2) is 18.2 Å². The number of benzene rings is 1. The minimum Gasteiger partial charge on any atom is -0.496 e. The first-order valence-electron chi connectivity index (χ1n) is 7.42. The highest BCUT2D eigenvalue weighted by molar-refractivity contribution is 6.31. The highest BCUT2D eigenvalue weighted by Gasteiger charge is 2.30. The van der Waals surface area contributed by atoms with Crippen LogP contribution in [0.25, 0.3) is 0 Å². The van der Waals surface area contributed by atoms with Gasteiger partial charge in [0.1, 0.15) is 11.6 Å². The molecule has 0 unspecified atom stereocenters. The van der Waals surface area contributed by atoms with Gasteiger partial charge in [0.05, 0.1) is 12.7 Å². The summed E-state index contributed by atoms with van der Waals surface area (Å²) in [5.74, 6) is 0.966. The molecule has 0 aliphatic carbocycles. The number of methoxy groups -OCH3 is 1. The molecule has 3 rings (SSSR count). The zero-order chi connectivity index (χ0) is 17.4. The number of anilines is 2. The molecular weight excluding hydrogens is 332 g/mol. The molecule has 2 amide bonds. The van der Waals surface area contributed by atoms with Crippen molar-refractivity contribution in [3.05, 3.63) is 34.3 Å². The minimum absolute atomic E-state index is 0.0426. The van der Waals surface area contributed by atoms with E-state index in [0.717, 1.165) is 5.56 Å². The van der Waals surface area contributed by atoms with Crippen LogP contribution in [0.4, 0.5) is 11.6 Å². The van der Waals surface area contributed by atoms with Crippen molar-refractivity contribution < 1.29 is 14.3 Å². The largest absolute Gasteiger partial charge is 0.496 e. The second kappa shape index (κ2) is 6.16. The Bertz CT molecular complexity index is 831. The van der Waals surface area contributed by atoms with Gasteiger partial charge < -0.3 is 15.4 Å². The Hall–Kier alpha value is -2.54. The van der Waals surface area contributed by atoms with E-state index in [9.17, 15) is 9.59 Å². The van der Waals surface area contributed by atoms with Crippen LogP contribution in [-0.2, 0) is 11.8 Å². The van der Waals surface area contributed by atoms with Gasteiger partial charge in [0.25, 0.3) is 5.91 Å². The number of hydrogen-bond acceptors (Lipinski definition) is 4. The van der Waals surface area contributed by atoms with Crippen molar-refractivity contribution in [1.29, 1.82) is 0 Å². The summed E-state index contributed by atoms with van der Waals surface area (Å²) in [5, 5.41) is 10.3. The van der Waals surface area contributed by atoms with Gasteiger partial charge in [0.15, 0.2) is 5.82 Å². The molecule has 0 radical (unpaired) electrons. The highest BCUT2D eigenvalue weighted by Crippen LogP contribution is 2.37. The minimum atomic E-state index is -0.376. The number of aryl methyl sites for hydroxylation is 1. The standard InChI is InChI=1S/C16H17ClN4O3/c1-8-6-12(22)18-15-13(8)14(20-21(15)2)19-16(23)10-7-9(17)4-5-11(10)24-3/h4-5,7-8H,6H2,1-3H3,(H,18,22)(H,19,20,23)/t8-/m0/s1.